The van der Waals surface area contributed by atoms with Crippen LogP contribution in [-0.2, 0) is 17.8 Å². The van der Waals surface area contributed by atoms with Gasteiger partial charge >= 0.3 is 0 Å². The first-order chi connectivity index (χ1) is 15.1. The Morgan fingerprint density at radius 3 is 2.34 bits per heavy atom. The molecule has 7 nitrogen and oxygen atoms in total. The number of guanidine groups is 1. The second-order valence-electron chi connectivity index (χ2n) is 6.85. The van der Waals surface area contributed by atoms with E-state index < -0.39 is 0 Å². The first-order valence-electron chi connectivity index (χ1n) is 10.7. The summed E-state index contributed by atoms with van der Waals surface area (Å²) in [5, 5.41) is 6.69. The zero-order chi connectivity index (χ0) is 22.5. The molecule has 0 aliphatic rings. The Hall–Kier alpha value is -2.20. The van der Waals surface area contributed by atoms with Gasteiger partial charge in [-0.1, -0.05) is 18.2 Å². The van der Waals surface area contributed by atoms with Crippen LogP contribution in [0.2, 0.25) is 0 Å². The van der Waals surface area contributed by atoms with Gasteiger partial charge in [-0.05, 0) is 50.1 Å². The fourth-order valence-corrected chi connectivity index (χ4v) is 2.98. The van der Waals surface area contributed by atoms with Crippen LogP contribution in [0, 0.1) is 6.92 Å². The molecule has 2 rings (SSSR count). The van der Waals surface area contributed by atoms with Gasteiger partial charge in [0.2, 0.25) is 0 Å². The highest BCUT2D eigenvalue weighted by atomic mass is 127. The molecule has 0 aliphatic carbocycles. The fourth-order valence-electron chi connectivity index (χ4n) is 2.98. The number of nitrogens with zero attached hydrogens (tertiary/aromatic N) is 1. The van der Waals surface area contributed by atoms with Crippen molar-refractivity contribution in [2.75, 3.05) is 40.6 Å². The molecule has 0 aliphatic heterocycles. The van der Waals surface area contributed by atoms with E-state index in [0.717, 1.165) is 33.9 Å². The van der Waals surface area contributed by atoms with Crippen molar-refractivity contribution in [3.8, 4) is 17.2 Å². The van der Waals surface area contributed by atoms with Crippen LogP contribution in [0.15, 0.2) is 41.4 Å². The molecule has 0 aromatic heterocycles. The summed E-state index contributed by atoms with van der Waals surface area (Å²) in [5.74, 6) is 3.03. The van der Waals surface area contributed by atoms with Crippen molar-refractivity contribution in [1.82, 2.24) is 10.6 Å². The Kier molecular flexibility index (Phi) is 13.5. The minimum atomic E-state index is 0. The summed E-state index contributed by atoms with van der Waals surface area (Å²) in [7, 11) is 3.39. The van der Waals surface area contributed by atoms with E-state index in [9.17, 15) is 0 Å². The van der Waals surface area contributed by atoms with Crippen LogP contribution < -0.4 is 24.8 Å². The summed E-state index contributed by atoms with van der Waals surface area (Å²) in [6.07, 6.45) is 0. The molecule has 0 spiro atoms. The van der Waals surface area contributed by atoms with Crippen molar-refractivity contribution >= 4 is 29.9 Å². The van der Waals surface area contributed by atoms with Crippen molar-refractivity contribution in [1.29, 1.82) is 0 Å². The zero-order valence-corrected chi connectivity index (χ0v) is 22.0. The third-order valence-electron chi connectivity index (χ3n) is 4.57. The van der Waals surface area contributed by atoms with Crippen molar-refractivity contribution < 1.29 is 18.9 Å². The zero-order valence-electron chi connectivity index (χ0n) is 19.7. The number of nitrogens with one attached hydrogen (secondary N) is 2. The maximum absolute atomic E-state index is 5.92. The van der Waals surface area contributed by atoms with E-state index in [2.05, 4.69) is 34.7 Å². The van der Waals surface area contributed by atoms with Gasteiger partial charge in [0.05, 0.1) is 20.3 Å². The lowest BCUT2D eigenvalue weighted by Crippen LogP contribution is -2.36. The van der Waals surface area contributed by atoms with E-state index >= 15 is 0 Å². The van der Waals surface area contributed by atoms with Crippen LogP contribution in [0.3, 0.4) is 0 Å². The molecule has 0 amide bonds. The summed E-state index contributed by atoms with van der Waals surface area (Å²) in [5.41, 5.74) is 3.29. The molecule has 2 aromatic rings. The van der Waals surface area contributed by atoms with Crippen molar-refractivity contribution in [2.24, 2.45) is 4.99 Å². The van der Waals surface area contributed by atoms with Crippen LogP contribution in [0.5, 0.6) is 17.2 Å². The average Bonchev–Trinajstić information content (AvgIpc) is 2.78. The Morgan fingerprint density at radius 1 is 0.875 bits per heavy atom. The average molecular weight is 557 g/mol. The Bertz CT molecular complexity index is 846. The highest BCUT2D eigenvalue weighted by Gasteiger charge is 2.08. The lowest BCUT2D eigenvalue weighted by molar-refractivity contribution is 0.110. The molecule has 0 saturated heterocycles. The van der Waals surface area contributed by atoms with Gasteiger partial charge < -0.3 is 29.6 Å². The van der Waals surface area contributed by atoms with Gasteiger partial charge in [-0.3, -0.25) is 4.99 Å². The molecule has 2 N–H and O–H groups in total. The highest BCUT2D eigenvalue weighted by molar-refractivity contribution is 14.0. The molecule has 0 radical (unpaired) electrons. The van der Waals surface area contributed by atoms with E-state index in [1.165, 1.54) is 0 Å². The van der Waals surface area contributed by atoms with E-state index in [1.807, 2.05) is 38.1 Å². The van der Waals surface area contributed by atoms with E-state index in [1.54, 1.807) is 14.2 Å². The Labute approximate surface area is 208 Å². The van der Waals surface area contributed by atoms with Gasteiger partial charge in [0.15, 0.2) is 17.5 Å². The van der Waals surface area contributed by atoms with Crippen LogP contribution in [0.1, 0.15) is 30.5 Å². The molecule has 0 bridgehead atoms. The molecule has 0 atom stereocenters. The summed E-state index contributed by atoms with van der Waals surface area (Å²) < 4.78 is 22.3. The topological polar surface area (TPSA) is 73.3 Å². The summed E-state index contributed by atoms with van der Waals surface area (Å²) in [4.78, 5) is 4.32. The van der Waals surface area contributed by atoms with Gasteiger partial charge in [-0.2, -0.15) is 0 Å². The van der Waals surface area contributed by atoms with Gasteiger partial charge in [0.1, 0.15) is 12.4 Å². The molecular weight excluding hydrogens is 521 g/mol. The predicted molar refractivity (Wildman–Crippen MR) is 140 cm³/mol. The van der Waals surface area contributed by atoms with Crippen molar-refractivity contribution in [3.63, 3.8) is 0 Å². The van der Waals surface area contributed by atoms with Gasteiger partial charge in [-0.25, -0.2) is 0 Å². The van der Waals surface area contributed by atoms with Crippen LogP contribution in [0.25, 0.3) is 0 Å². The number of halogens is 1. The van der Waals surface area contributed by atoms with Crippen LogP contribution in [0.4, 0.5) is 0 Å². The van der Waals surface area contributed by atoms with E-state index in [4.69, 9.17) is 18.9 Å². The van der Waals surface area contributed by atoms with Gasteiger partial charge in [0.25, 0.3) is 0 Å². The summed E-state index contributed by atoms with van der Waals surface area (Å²) in [6.45, 7) is 9.56. The number of benzene rings is 2. The summed E-state index contributed by atoms with van der Waals surface area (Å²) >= 11 is 0. The third-order valence-corrected chi connectivity index (χ3v) is 4.57. The Balaban J connectivity index is 0.00000512. The molecule has 32 heavy (non-hydrogen) atoms. The molecule has 178 valence electrons. The molecule has 0 unspecified atom stereocenters. The van der Waals surface area contributed by atoms with Gasteiger partial charge in [0, 0.05) is 32.3 Å². The number of aliphatic imine (C=N–C) groups is 1. The molecule has 0 saturated carbocycles. The molecular formula is C24H36IN3O4. The fraction of sp³-hybridized carbons (Fsp3) is 0.458. The van der Waals surface area contributed by atoms with Crippen molar-refractivity contribution in [2.45, 2.75) is 33.9 Å². The minimum Gasteiger partial charge on any atom is -0.493 e. The third kappa shape index (κ3) is 9.12. The number of rotatable bonds is 12. The molecule has 2 aromatic carbocycles. The quantitative estimate of drug-likeness (QED) is 0.176. The normalized spacial score (nSPS) is 10.8. The number of hydrogen-bond donors (Lipinski definition) is 2. The standard InChI is InChI=1S/C24H35N3O4.HI/c1-6-29-12-13-31-22-14-18(3)8-10-20(22)17-27-24(25-4)26-16-19-9-11-21(28-5)23(15-19)30-7-2;/h8-11,14-15H,6-7,12-13,16-17H2,1-5H3,(H2,25,26,27);1H. The number of ether oxygens (including phenoxy) is 4. The largest absolute Gasteiger partial charge is 0.493 e. The molecule has 0 heterocycles. The SMILES string of the molecule is CCOCCOc1cc(C)ccc1CNC(=NC)NCc1ccc(OC)c(OCC)c1.I. The maximum atomic E-state index is 5.92. The Morgan fingerprint density at radius 2 is 1.66 bits per heavy atom. The summed E-state index contributed by atoms with van der Waals surface area (Å²) in [6, 6.07) is 12.1. The maximum Gasteiger partial charge on any atom is 0.191 e. The first kappa shape index (κ1) is 27.8. The molecule has 8 heteroatoms. The monoisotopic (exact) mass is 557 g/mol. The van der Waals surface area contributed by atoms with E-state index in [-0.39, 0.29) is 24.0 Å². The number of hydrogen-bond acceptors (Lipinski definition) is 5. The predicted octanol–water partition coefficient (Wildman–Crippen LogP) is 4.30. The van der Waals surface area contributed by atoms with Crippen LogP contribution >= 0.6 is 24.0 Å². The first-order valence-corrected chi connectivity index (χ1v) is 10.7. The van der Waals surface area contributed by atoms with Crippen LogP contribution in [-0.4, -0.2) is 46.5 Å². The second kappa shape index (κ2) is 15.6. The number of methoxy groups -OCH3 is 1. The second-order valence-corrected chi connectivity index (χ2v) is 6.85. The van der Waals surface area contributed by atoms with E-state index in [0.29, 0.717) is 45.5 Å². The highest BCUT2D eigenvalue weighted by Crippen LogP contribution is 2.28. The smallest absolute Gasteiger partial charge is 0.191 e. The molecule has 0 fully saturated rings. The minimum absolute atomic E-state index is 0. The van der Waals surface area contributed by atoms with Crippen molar-refractivity contribution in [3.05, 3.63) is 53.1 Å². The van der Waals surface area contributed by atoms with Gasteiger partial charge in [-0.15, -0.1) is 24.0 Å². The number of aryl methyl sites for hydroxylation is 1. The lowest BCUT2D eigenvalue weighted by atomic mass is 10.1. The lowest BCUT2D eigenvalue weighted by Gasteiger charge is -2.16.